The van der Waals surface area contributed by atoms with E-state index in [1.165, 1.54) is 10.4 Å². The van der Waals surface area contributed by atoms with E-state index >= 15 is 0 Å². The molecule has 102 valence electrons. The summed E-state index contributed by atoms with van der Waals surface area (Å²) in [4.78, 5) is 5.41. The van der Waals surface area contributed by atoms with Crippen LogP contribution in [0.5, 0.6) is 5.75 Å². The average Bonchev–Trinajstić information content (AvgIpc) is 2.82. The fourth-order valence-corrected chi connectivity index (χ4v) is 3.87. The zero-order valence-corrected chi connectivity index (χ0v) is 12.7. The van der Waals surface area contributed by atoms with E-state index in [9.17, 15) is 4.21 Å². The molecule has 0 N–H and O–H groups in total. The van der Waals surface area contributed by atoms with Crippen LogP contribution in [-0.2, 0) is 23.0 Å². The van der Waals surface area contributed by atoms with Crippen molar-refractivity contribution in [3.05, 3.63) is 45.9 Å². The summed E-state index contributed by atoms with van der Waals surface area (Å²) in [7, 11) is 0.804. The fourth-order valence-electron chi connectivity index (χ4n) is 1.70. The second-order valence-corrected chi connectivity index (χ2v) is 7.15. The summed E-state index contributed by atoms with van der Waals surface area (Å²) < 4.78 is 17.1. The monoisotopic (exact) mass is 295 g/mol. The predicted octanol–water partition coefficient (Wildman–Crippen LogP) is 2.95. The third-order valence-corrected chi connectivity index (χ3v) is 5.08. The Labute approximate surface area is 120 Å². The largest absolute Gasteiger partial charge is 0.497 e. The highest BCUT2D eigenvalue weighted by Crippen LogP contribution is 2.15. The van der Waals surface area contributed by atoms with Gasteiger partial charge in [-0.3, -0.25) is 4.21 Å². The van der Waals surface area contributed by atoms with Gasteiger partial charge in [-0.25, -0.2) is 4.98 Å². The molecule has 0 spiro atoms. The lowest BCUT2D eigenvalue weighted by molar-refractivity contribution is 0.414. The second kappa shape index (κ2) is 6.82. The van der Waals surface area contributed by atoms with Gasteiger partial charge in [-0.2, -0.15) is 0 Å². The van der Waals surface area contributed by atoms with E-state index in [1.807, 2.05) is 37.4 Å². The number of benzene rings is 1. The van der Waals surface area contributed by atoms with Gasteiger partial charge >= 0.3 is 0 Å². The molecule has 1 aromatic carbocycles. The molecule has 0 fully saturated rings. The molecule has 0 bridgehead atoms. The topological polar surface area (TPSA) is 39.2 Å². The summed E-state index contributed by atoms with van der Waals surface area (Å²) >= 11 is 1.62. The first-order valence-electron chi connectivity index (χ1n) is 6.06. The van der Waals surface area contributed by atoms with Crippen LogP contribution >= 0.6 is 11.3 Å². The number of ether oxygens (including phenoxy) is 1. The van der Waals surface area contributed by atoms with E-state index in [0.717, 1.165) is 17.2 Å². The highest BCUT2D eigenvalue weighted by Gasteiger charge is 2.06. The lowest BCUT2D eigenvalue weighted by Crippen LogP contribution is -2.03. The molecule has 0 aliphatic carbocycles. The van der Waals surface area contributed by atoms with Gasteiger partial charge in [0.25, 0.3) is 0 Å². The van der Waals surface area contributed by atoms with E-state index < -0.39 is 10.8 Å². The Morgan fingerprint density at radius 2 is 2.05 bits per heavy atom. The van der Waals surface area contributed by atoms with Gasteiger partial charge in [0, 0.05) is 27.6 Å². The quantitative estimate of drug-likeness (QED) is 0.822. The van der Waals surface area contributed by atoms with Gasteiger partial charge in [-0.15, -0.1) is 11.3 Å². The Kier molecular flexibility index (Phi) is 5.10. The Morgan fingerprint density at radius 1 is 1.32 bits per heavy atom. The molecule has 0 aliphatic heterocycles. The molecule has 0 radical (unpaired) electrons. The zero-order valence-electron chi connectivity index (χ0n) is 11.1. The Bertz CT molecular complexity index is 549. The number of aromatic nitrogens is 1. The molecule has 2 rings (SSSR count). The van der Waals surface area contributed by atoms with Crippen LogP contribution in [0.2, 0.25) is 0 Å². The normalized spacial score (nSPS) is 12.3. The average molecular weight is 295 g/mol. The molecule has 5 heteroatoms. The van der Waals surface area contributed by atoms with Crippen LogP contribution in [0.25, 0.3) is 0 Å². The number of rotatable bonds is 6. The van der Waals surface area contributed by atoms with Crippen molar-refractivity contribution < 1.29 is 8.95 Å². The van der Waals surface area contributed by atoms with Crippen molar-refractivity contribution in [3.63, 3.8) is 0 Å². The third kappa shape index (κ3) is 4.44. The predicted molar refractivity (Wildman–Crippen MR) is 80.3 cm³/mol. The fraction of sp³-hybridized carbons (Fsp3) is 0.357. The van der Waals surface area contributed by atoms with Crippen LogP contribution < -0.4 is 4.74 Å². The third-order valence-electron chi connectivity index (χ3n) is 2.73. The number of nitrogens with zero attached hydrogens (tertiary/aromatic N) is 1. The van der Waals surface area contributed by atoms with E-state index in [-0.39, 0.29) is 0 Å². The van der Waals surface area contributed by atoms with Gasteiger partial charge in [0.15, 0.2) is 0 Å². The van der Waals surface area contributed by atoms with Crippen molar-refractivity contribution in [2.24, 2.45) is 0 Å². The molecule has 3 nitrogen and oxygen atoms in total. The van der Waals surface area contributed by atoms with Crippen molar-refractivity contribution in [1.82, 2.24) is 4.98 Å². The molecular weight excluding hydrogens is 278 g/mol. The molecule has 1 aromatic heterocycles. The van der Waals surface area contributed by atoms with Crippen LogP contribution in [0.4, 0.5) is 0 Å². The highest BCUT2D eigenvalue weighted by atomic mass is 32.2. The first-order valence-corrected chi connectivity index (χ1v) is 8.37. The summed E-state index contributed by atoms with van der Waals surface area (Å²) in [6.07, 6.45) is 2.65. The molecule has 1 heterocycles. The molecular formula is C14H17NO2S2. The number of hydrogen-bond donors (Lipinski definition) is 0. The van der Waals surface area contributed by atoms with Crippen molar-refractivity contribution in [2.75, 3.05) is 12.9 Å². The molecule has 0 unspecified atom stereocenters. The standard InChI is InChI=1S/C14H17NO2S2/c1-11-9-15-14(18-11)10-19(16)8-7-12-3-5-13(17-2)6-4-12/h3-6,9H,7-8,10H2,1-2H3/t19-/m1/s1. The summed E-state index contributed by atoms with van der Waals surface area (Å²) in [5.41, 5.74) is 1.18. The van der Waals surface area contributed by atoms with Crippen molar-refractivity contribution in [2.45, 2.75) is 19.1 Å². The first kappa shape index (κ1) is 14.2. The van der Waals surface area contributed by atoms with Crippen LogP contribution in [0.1, 0.15) is 15.4 Å². The van der Waals surface area contributed by atoms with Gasteiger partial charge in [0.1, 0.15) is 10.8 Å². The summed E-state index contributed by atoms with van der Waals surface area (Å²) in [6, 6.07) is 7.90. The van der Waals surface area contributed by atoms with Gasteiger partial charge in [-0.1, -0.05) is 12.1 Å². The maximum atomic E-state index is 12.0. The summed E-state index contributed by atoms with van der Waals surface area (Å²) in [5.74, 6) is 2.09. The SMILES string of the molecule is COc1ccc(CC[S@@](=O)Cc2ncc(C)s2)cc1. The second-order valence-electron chi connectivity index (χ2n) is 4.25. The molecule has 19 heavy (non-hydrogen) atoms. The maximum absolute atomic E-state index is 12.0. The zero-order chi connectivity index (χ0) is 13.7. The van der Waals surface area contributed by atoms with Gasteiger partial charge in [-0.05, 0) is 31.0 Å². The number of aryl methyl sites for hydroxylation is 2. The summed E-state index contributed by atoms with van der Waals surface area (Å²) in [6.45, 7) is 2.02. The van der Waals surface area contributed by atoms with Crippen LogP contribution in [0.3, 0.4) is 0 Å². The Morgan fingerprint density at radius 3 is 2.63 bits per heavy atom. The molecule has 0 aliphatic rings. The van der Waals surface area contributed by atoms with E-state index in [4.69, 9.17) is 4.74 Å². The Balaban J connectivity index is 1.82. The van der Waals surface area contributed by atoms with Crippen molar-refractivity contribution in [3.8, 4) is 5.75 Å². The van der Waals surface area contributed by atoms with Gasteiger partial charge in [0.05, 0.1) is 12.9 Å². The van der Waals surface area contributed by atoms with Crippen molar-refractivity contribution in [1.29, 1.82) is 0 Å². The van der Waals surface area contributed by atoms with Gasteiger partial charge < -0.3 is 4.74 Å². The molecule has 1 atom stereocenters. The highest BCUT2D eigenvalue weighted by molar-refractivity contribution is 7.84. The molecule has 0 amide bonds. The maximum Gasteiger partial charge on any atom is 0.118 e. The summed E-state index contributed by atoms with van der Waals surface area (Å²) in [5, 5.41) is 0.963. The molecule has 0 saturated heterocycles. The molecule has 0 saturated carbocycles. The van der Waals surface area contributed by atoms with E-state index in [1.54, 1.807) is 18.4 Å². The van der Waals surface area contributed by atoms with Gasteiger partial charge in [0.2, 0.25) is 0 Å². The van der Waals surface area contributed by atoms with Crippen LogP contribution in [0, 0.1) is 6.92 Å². The van der Waals surface area contributed by atoms with E-state index in [2.05, 4.69) is 4.98 Å². The van der Waals surface area contributed by atoms with E-state index in [0.29, 0.717) is 11.5 Å². The Hall–Kier alpha value is -1.20. The minimum Gasteiger partial charge on any atom is -0.497 e. The molecule has 2 aromatic rings. The number of thiazole rings is 1. The van der Waals surface area contributed by atoms with Crippen LogP contribution in [-0.4, -0.2) is 22.1 Å². The lowest BCUT2D eigenvalue weighted by atomic mass is 10.2. The first-order chi connectivity index (χ1) is 9.17. The lowest BCUT2D eigenvalue weighted by Gasteiger charge is -2.03. The minimum absolute atomic E-state index is 0.564. The van der Waals surface area contributed by atoms with Crippen molar-refractivity contribution >= 4 is 22.1 Å². The minimum atomic E-state index is -0.849. The smallest absolute Gasteiger partial charge is 0.118 e. The number of methoxy groups -OCH3 is 1. The van der Waals surface area contributed by atoms with Crippen LogP contribution in [0.15, 0.2) is 30.5 Å². The number of hydrogen-bond acceptors (Lipinski definition) is 4.